The lowest BCUT2D eigenvalue weighted by Gasteiger charge is -2.06. The first kappa shape index (κ1) is 15.2. The van der Waals surface area contributed by atoms with Crippen molar-refractivity contribution in [3.05, 3.63) is 39.8 Å². The fraction of sp³-hybridized carbons (Fsp3) is 0.286. The van der Waals surface area contributed by atoms with E-state index in [0.717, 1.165) is 11.1 Å². The van der Waals surface area contributed by atoms with Crippen molar-refractivity contribution in [2.45, 2.75) is 10.9 Å². The fourth-order valence-corrected chi connectivity index (χ4v) is 2.55. The lowest BCUT2D eigenvalue weighted by atomic mass is 10.1. The molecular formula is C14H15N3O3S. The predicted molar refractivity (Wildman–Crippen MR) is 80.3 cm³/mol. The molecule has 110 valence electrons. The molecule has 0 aliphatic heterocycles. The third-order valence-corrected chi connectivity index (χ3v) is 3.87. The molecule has 21 heavy (non-hydrogen) atoms. The number of aromatic amines is 1. The zero-order valence-electron chi connectivity index (χ0n) is 11.7. The van der Waals surface area contributed by atoms with E-state index in [1.165, 1.54) is 16.3 Å². The average molecular weight is 305 g/mol. The van der Waals surface area contributed by atoms with Crippen molar-refractivity contribution >= 4 is 11.8 Å². The molecule has 0 unspecified atom stereocenters. The van der Waals surface area contributed by atoms with Crippen LogP contribution in [-0.2, 0) is 12.8 Å². The van der Waals surface area contributed by atoms with Crippen LogP contribution >= 0.6 is 11.8 Å². The summed E-state index contributed by atoms with van der Waals surface area (Å²) in [6.45, 7) is -0.197. The van der Waals surface area contributed by atoms with E-state index in [1.54, 1.807) is 14.2 Å². The standard InChI is InChI=1S/C14H15N3O3S/c1-17-13(19)15-16-14(17)21-9-10-5-6-12(20-2)11(8-10)4-3-7-18/h5-6,8,18H,7,9H2,1-2H3,(H,15,19). The minimum Gasteiger partial charge on any atom is -0.495 e. The second-order valence-corrected chi connectivity index (χ2v) is 5.10. The molecule has 0 saturated carbocycles. The molecule has 0 radical (unpaired) electrons. The maximum atomic E-state index is 11.3. The highest BCUT2D eigenvalue weighted by Crippen LogP contribution is 2.24. The smallest absolute Gasteiger partial charge is 0.343 e. The maximum absolute atomic E-state index is 11.3. The molecule has 0 spiro atoms. The van der Waals surface area contributed by atoms with Gasteiger partial charge in [0.25, 0.3) is 0 Å². The normalized spacial score (nSPS) is 10.0. The maximum Gasteiger partial charge on any atom is 0.343 e. The third kappa shape index (κ3) is 3.68. The fourth-order valence-electron chi connectivity index (χ4n) is 1.69. The van der Waals surface area contributed by atoms with Gasteiger partial charge >= 0.3 is 5.69 Å². The average Bonchev–Trinajstić information content (AvgIpc) is 2.82. The second kappa shape index (κ2) is 7.02. The number of methoxy groups -OCH3 is 1. The minimum atomic E-state index is -0.235. The van der Waals surface area contributed by atoms with Crippen LogP contribution in [0.1, 0.15) is 11.1 Å². The number of nitrogens with one attached hydrogen (secondary N) is 1. The van der Waals surface area contributed by atoms with Gasteiger partial charge in [-0.3, -0.25) is 4.57 Å². The molecule has 7 heteroatoms. The Morgan fingerprint density at radius 1 is 1.52 bits per heavy atom. The molecule has 0 aliphatic rings. The molecule has 2 N–H and O–H groups in total. The van der Waals surface area contributed by atoms with Gasteiger partial charge in [0.2, 0.25) is 0 Å². The van der Waals surface area contributed by atoms with Crippen molar-refractivity contribution in [3.8, 4) is 17.6 Å². The molecule has 1 aromatic carbocycles. The Labute approximate surface area is 126 Å². The van der Waals surface area contributed by atoms with Gasteiger partial charge in [0, 0.05) is 12.8 Å². The Morgan fingerprint density at radius 2 is 2.33 bits per heavy atom. The predicted octanol–water partition coefficient (Wildman–Crippen LogP) is 0.753. The molecule has 6 nitrogen and oxygen atoms in total. The summed E-state index contributed by atoms with van der Waals surface area (Å²) in [5.41, 5.74) is 1.51. The summed E-state index contributed by atoms with van der Waals surface area (Å²) in [6, 6.07) is 5.67. The lowest BCUT2D eigenvalue weighted by molar-refractivity contribution is 0.350. The van der Waals surface area contributed by atoms with Crippen LogP contribution in [0.2, 0.25) is 0 Å². The van der Waals surface area contributed by atoms with Crippen LogP contribution in [0.25, 0.3) is 0 Å². The van der Waals surface area contributed by atoms with Crippen LogP contribution < -0.4 is 10.4 Å². The number of hydrogen-bond donors (Lipinski definition) is 2. The number of ether oxygens (including phenoxy) is 1. The van der Waals surface area contributed by atoms with E-state index < -0.39 is 0 Å². The van der Waals surface area contributed by atoms with E-state index in [9.17, 15) is 4.79 Å². The van der Waals surface area contributed by atoms with Crippen LogP contribution in [0.15, 0.2) is 28.2 Å². The Balaban J connectivity index is 2.17. The summed E-state index contributed by atoms with van der Waals surface area (Å²) in [6.07, 6.45) is 0. The number of H-pyrrole nitrogens is 1. The van der Waals surface area contributed by atoms with Gasteiger partial charge in [0.15, 0.2) is 5.16 Å². The topological polar surface area (TPSA) is 80.1 Å². The van der Waals surface area contributed by atoms with Crippen molar-refractivity contribution in [3.63, 3.8) is 0 Å². The quantitative estimate of drug-likeness (QED) is 0.644. The van der Waals surface area contributed by atoms with Gasteiger partial charge in [-0.05, 0) is 17.7 Å². The molecule has 2 aromatic rings. The number of nitrogens with zero attached hydrogens (tertiary/aromatic N) is 2. The number of thioether (sulfide) groups is 1. The molecule has 1 aromatic heterocycles. The highest BCUT2D eigenvalue weighted by Gasteiger charge is 2.07. The van der Waals surface area contributed by atoms with Crippen molar-refractivity contribution in [2.75, 3.05) is 13.7 Å². The van der Waals surface area contributed by atoms with Crippen LogP contribution in [0, 0.1) is 11.8 Å². The largest absolute Gasteiger partial charge is 0.495 e. The molecular weight excluding hydrogens is 290 g/mol. The molecule has 0 fully saturated rings. The Bertz CT molecular complexity index is 740. The number of benzene rings is 1. The number of aliphatic hydroxyl groups is 1. The molecule has 1 heterocycles. The minimum absolute atomic E-state index is 0.197. The van der Waals surface area contributed by atoms with Crippen molar-refractivity contribution < 1.29 is 9.84 Å². The highest BCUT2D eigenvalue weighted by molar-refractivity contribution is 7.98. The first-order valence-electron chi connectivity index (χ1n) is 6.16. The lowest BCUT2D eigenvalue weighted by Crippen LogP contribution is -2.12. The van der Waals surface area contributed by atoms with Crippen LogP contribution in [0.4, 0.5) is 0 Å². The second-order valence-electron chi connectivity index (χ2n) is 4.15. The molecule has 2 rings (SSSR count). The van der Waals surface area contributed by atoms with E-state index in [0.29, 0.717) is 16.7 Å². The first-order chi connectivity index (χ1) is 10.2. The van der Waals surface area contributed by atoms with Gasteiger partial charge in [-0.1, -0.05) is 29.7 Å². The number of aromatic nitrogens is 3. The van der Waals surface area contributed by atoms with Crippen LogP contribution in [0.3, 0.4) is 0 Å². The van der Waals surface area contributed by atoms with Gasteiger partial charge in [0.05, 0.1) is 12.7 Å². The number of hydrogen-bond acceptors (Lipinski definition) is 5. The Hall–Kier alpha value is -2.17. The summed E-state index contributed by atoms with van der Waals surface area (Å²) >= 11 is 1.45. The SMILES string of the molecule is COc1ccc(CSc2n[nH]c(=O)n2C)cc1C#CCO. The van der Waals surface area contributed by atoms with E-state index >= 15 is 0 Å². The van der Waals surface area contributed by atoms with Crippen LogP contribution in [-0.4, -0.2) is 33.6 Å². The van der Waals surface area contributed by atoms with E-state index in [2.05, 4.69) is 22.0 Å². The van der Waals surface area contributed by atoms with E-state index in [4.69, 9.17) is 9.84 Å². The molecule has 0 aliphatic carbocycles. The molecule has 0 bridgehead atoms. The molecule has 0 atom stereocenters. The van der Waals surface area contributed by atoms with E-state index in [1.807, 2.05) is 18.2 Å². The Kier molecular flexibility index (Phi) is 5.09. The zero-order valence-corrected chi connectivity index (χ0v) is 12.5. The van der Waals surface area contributed by atoms with E-state index in [-0.39, 0.29) is 12.3 Å². The van der Waals surface area contributed by atoms with Gasteiger partial charge < -0.3 is 9.84 Å². The van der Waals surface area contributed by atoms with Crippen LogP contribution in [0.5, 0.6) is 5.75 Å². The van der Waals surface area contributed by atoms with Crippen molar-refractivity contribution in [1.82, 2.24) is 14.8 Å². The monoisotopic (exact) mass is 305 g/mol. The number of aliphatic hydroxyl groups excluding tert-OH is 1. The number of rotatable bonds is 4. The zero-order chi connectivity index (χ0) is 15.2. The highest BCUT2D eigenvalue weighted by atomic mass is 32.2. The van der Waals surface area contributed by atoms with Gasteiger partial charge in [-0.15, -0.1) is 5.10 Å². The Morgan fingerprint density at radius 3 is 2.95 bits per heavy atom. The summed E-state index contributed by atoms with van der Waals surface area (Å²) in [7, 11) is 3.24. The summed E-state index contributed by atoms with van der Waals surface area (Å²) in [5.74, 6) is 6.78. The van der Waals surface area contributed by atoms with Gasteiger partial charge in [0.1, 0.15) is 12.4 Å². The summed E-state index contributed by atoms with van der Waals surface area (Å²) in [4.78, 5) is 11.3. The third-order valence-electron chi connectivity index (χ3n) is 2.77. The molecule has 0 saturated heterocycles. The summed E-state index contributed by atoms with van der Waals surface area (Å²) in [5, 5.41) is 15.7. The molecule has 0 amide bonds. The van der Waals surface area contributed by atoms with Crippen molar-refractivity contribution in [1.29, 1.82) is 0 Å². The first-order valence-corrected chi connectivity index (χ1v) is 7.15. The summed E-state index contributed by atoms with van der Waals surface area (Å²) < 4.78 is 6.69. The van der Waals surface area contributed by atoms with Gasteiger partial charge in [-0.2, -0.15) is 0 Å². The van der Waals surface area contributed by atoms with Gasteiger partial charge in [-0.25, -0.2) is 9.89 Å². The van der Waals surface area contributed by atoms with Crippen molar-refractivity contribution in [2.24, 2.45) is 7.05 Å².